The molecule has 0 unspecified atom stereocenters. The Morgan fingerprint density at radius 2 is 1.77 bits per heavy atom. The van der Waals surface area contributed by atoms with Crippen molar-refractivity contribution < 1.29 is 22.3 Å². The van der Waals surface area contributed by atoms with Gasteiger partial charge in [-0.25, -0.2) is 17.5 Å². The minimum atomic E-state index is -3.67. The zero-order valence-corrected chi connectivity index (χ0v) is 18.8. The predicted molar refractivity (Wildman–Crippen MR) is 117 cm³/mol. The first-order valence-electron chi connectivity index (χ1n) is 9.64. The minimum Gasteiger partial charge on any atom is -0.493 e. The molecule has 166 valence electrons. The predicted octanol–water partition coefficient (Wildman–Crippen LogP) is 3.38. The Morgan fingerprint density at radius 3 is 2.43 bits per heavy atom. The molecule has 0 saturated heterocycles. The highest BCUT2D eigenvalue weighted by Crippen LogP contribution is 2.33. The highest BCUT2D eigenvalue weighted by atomic mass is 35.5. The van der Waals surface area contributed by atoms with Gasteiger partial charge in [0.2, 0.25) is 10.0 Å². The summed E-state index contributed by atoms with van der Waals surface area (Å²) < 4.78 is 50.9. The zero-order valence-electron chi connectivity index (χ0n) is 17.2. The van der Waals surface area contributed by atoms with E-state index in [1.807, 2.05) is 12.1 Å². The fourth-order valence-electron chi connectivity index (χ4n) is 3.52. The van der Waals surface area contributed by atoms with Crippen molar-refractivity contribution >= 4 is 22.4 Å². The number of rotatable bonds is 9. The standard InChI is InChI=1S/C21H27FN2O4S.ClH/c1-27-20-12-16-8-11-24(15-17(16)13-21(20)28-2)10-4-3-9-23-29(25,26)19-7-5-6-18(22)14-19;/h5-7,12-14,23H,3-4,8-11,15H2,1-2H3;1H. The van der Waals surface area contributed by atoms with Crippen molar-refractivity contribution in [2.45, 2.75) is 30.7 Å². The Labute approximate surface area is 183 Å². The molecule has 0 aromatic heterocycles. The van der Waals surface area contributed by atoms with Gasteiger partial charge in [0.05, 0.1) is 19.1 Å². The van der Waals surface area contributed by atoms with Crippen molar-refractivity contribution in [3.8, 4) is 11.5 Å². The summed E-state index contributed by atoms with van der Waals surface area (Å²) in [4.78, 5) is 2.31. The second-order valence-corrected chi connectivity index (χ2v) is 8.83. The summed E-state index contributed by atoms with van der Waals surface area (Å²) >= 11 is 0. The van der Waals surface area contributed by atoms with Gasteiger partial charge in [0, 0.05) is 19.6 Å². The highest BCUT2D eigenvalue weighted by Gasteiger charge is 2.19. The fraction of sp³-hybridized carbons (Fsp3) is 0.429. The molecule has 9 heteroatoms. The number of hydrogen-bond acceptors (Lipinski definition) is 5. The highest BCUT2D eigenvalue weighted by molar-refractivity contribution is 7.89. The molecule has 0 bridgehead atoms. The smallest absolute Gasteiger partial charge is 0.240 e. The lowest BCUT2D eigenvalue weighted by Gasteiger charge is -2.29. The van der Waals surface area contributed by atoms with Gasteiger partial charge >= 0.3 is 0 Å². The van der Waals surface area contributed by atoms with Gasteiger partial charge in [-0.05, 0) is 67.3 Å². The molecule has 1 aliphatic heterocycles. The molecule has 3 rings (SSSR count). The van der Waals surface area contributed by atoms with Crippen LogP contribution in [0.1, 0.15) is 24.0 Å². The molecule has 1 N–H and O–H groups in total. The molecule has 2 aromatic rings. The van der Waals surface area contributed by atoms with Crippen LogP contribution < -0.4 is 14.2 Å². The van der Waals surface area contributed by atoms with Crippen LogP contribution in [0, 0.1) is 5.82 Å². The topological polar surface area (TPSA) is 67.9 Å². The van der Waals surface area contributed by atoms with E-state index in [1.165, 1.54) is 29.3 Å². The second kappa shape index (κ2) is 10.9. The van der Waals surface area contributed by atoms with E-state index >= 15 is 0 Å². The van der Waals surface area contributed by atoms with Crippen LogP contribution in [0.3, 0.4) is 0 Å². The number of benzene rings is 2. The van der Waals surface area contributed by atoms with Crippen LogP contribution in [-0.2, 0) is 23.0 Å². The largest absolute Gasteiger partial charge is 0.493 e. The van der Waals surface area contributed by atoms with E-state index in [1.54, 1.807) is 14.2 Å². The molecule has 0 aliphatic carbocycles. The quantitative estimate of drug-likeness (QED) is 0.583. The number of methoxy groups -OCH3 is 2. The van der Waals surface area contributed by atoms with Crippen LogP contribution in [0.5, 0.6) is 11.5 Å². The Morgan fingerprint density at radius 1 is 1.07 bits per heavy atom. The number of sulfonamides is 1. The van der Waals surface area contributed by atoms with Gasteiger partial charge in [-0.2, -0.15) is 0 Å². The third-order valence-electron chi connectivity index (χ3n) is 5.10. The van der Waals surface area contributed by atoms with Gasteiger partial charge in [0.25, 0.3) is 0 Å². The van der Waals surface area contributed by atoms with Crippen LogP contribution >= 0.6 is 12.4 Å². The molecule has 6 nitrogen and oxygen atoms in total. The first-order chi connectivity index (χ1) is 13.9. The Kier molecular flexibility index (Phi) is 8.91. The number of hydrogen-bond donors (Lipinski definition) is 1. The first-order valence-corrected chi connectivity index (χ1v) is 11.1. The molecule has 0 fully saturated rings. The van der Waals surface area contributed by atoms with Gasteiger partial charge in [0.15, 0.2) is 11.5 Å². The molecule has 0 saturated carbocycles. The SMILES string of the molecule is COc1cc2c(cc1OC)CN(CCCCNS(=O)(=O)c1cccc(F)c1)CC2.Cl. The van der Waals surface area contributed by atoms with Crippen molar-refractivity contribution in [1.29, 1.82) is 0 Å². The normalized spacial score (nSPS) is 14.0. The molecular formula is C21H28ClFN2O4S. The molecular weight excluding hydrogens is 431 g/mol. The number of halogens is 2. The summed E-state index contributed by atoms with van der Waals surface area (Å²) in [6.07, 6.45) is 2.53. The van der Waals surface area contributed by atoms with Crippen molar-refractivity contribution in [2.75, 3.05) is 33.9 Å². The molecule has 0 atom stereocenters. The minimum absolute atomic E-state index is 0. The van der Waals surface area contributed by atoms with Crippen LogP contribution in [0.25, 0.3) is 0 Å². The lowest BCUT2D eigenvalue weighted by atomic mass is 9.98. The van der Waals surface area contributed by atoms with E-state index < -0.39 is 15.8 Å². The molecule has 0 spiro atoms. The van der Waals surface area contributed by atoms with E-state index in [4.69, 9.17) is 9.47 Å². The number of unbranched alkanes of at least 4 members (excludes halogenated alkanes) is 1. The van der Waals surface area contributed by atoms with Gasteiger partial charge in [-0.15, -0.1) is 12.4 Å². The van der Waals surface area contributed by atoms with E-state index in [9.17, 15) is 12.8 Å². The number of fused-ring (bicyclic) bond motifs is 1. The van der Waals surface area contributed by atoms with E-state index in [0.717, 1.165) is 50.0 Å². The molecule has 0 amide bonds. The Balaban J connectivity index is 0.00000320. The van der Waals surface area contributed by atoms with E-state index in [-0.39, 0.29) is 17.3 Å². The van der Waals surface area contributed by atoms with Crippen LogP contribution in [0.2, 0.25) is 0 Å². The van der Waals surface area contributed by atoms with E-state index in [0.29, 0.717) is 13.0 Å². The maximum absolute atomic E-state index is 13.2. The lowest BCUT2D eigenvalue weighted by molar-refractivity contribution is 0.248. The average Bonchev–Trinajstić information content (AvgIpc) is 2.72. The lowest BCUT2D eigenvalue weighted by Crippen LogP contribution is -2.32. The monoisotopic (exact) mass is 458 g/mol. The van der Waals surface area contributed by atoms with Crippen molar-refractivity contribution in [3.05, 3.63) is 53.3 Å². The van der Waals surface area contributed by atoms with Crippen molar-refractivity contribution in [2.24, 2.45) is 0 Å². The molecule has 2 aromatic carbocycles. The van der Waals surface area contributed by atoms with Crippen LogP contribution in [-0.4, -0.2) is 47.2 Å². The third kappa shape index (κ3) is 6.07. The number of ether oxygens (including phenoxy) is 2. The number of nitrogens with one attached hydrogen (secondary N) is 1. The Bertz CT molecular complexity index is 956. The fourth-order valence-corrected chi connectivity index (χ4v) is 4.62. The molecule has 1 heterocycles. The van der Waals surface area contributed by atoms with Gasteiger partial charge in [-0.3, -0.25) is 4.90 Å². The summed E-state index contributed by atoms with van der Waals surface area (Å²) in [5, 5.41) is 0. The first kappa shape index (κ1) is 24.4. The van der Waals surface area contributed by atoms with E-state index in [2.05, 4.69) is 9.62 Å². The average molecular weight is 459 g/mol. The molecule has 1 aliphatic rings. The van der Waals surface area contributed by atoms with Gasteiger partial charge < -0.3 is 9.47 Å². The van der Waals surface area contributed by atoms with Crippen molar-refractivity contribution in [1.82, 2.24) is 9.62 Å². The van der Waals surface area contributed by atoms with Gasteiger partial charge in [0.1, 0.15) is 5.82 Å². The summed E-state index contributed by atoms with van der Waals surface area (Å²) in [6, 6.07) is 9.11. The Hall–Kier alpha value is -1.87. The molecule has 30 heavy (non-hydrogen) atoms. The summed E-state index contributed by atoms with van der Waals surface area (Å²) in [7, 11) is -0.396. The summed E-state index contributed by atoms with van der Waals surface area (Å²) in [5.41, 5.74) is 2.52. The summed E-state index contributed by atoms with van der Waals surface area (Å²) in [6.45, 7) is 3.01. The zero-order chi connectivity index (χ0) is 20.9. The maximum Gasteiger partial charge on any atom is 0.240 e. The molecule has 0 radical (unpaired) electrons. The van der Waals surface area contributed by atoms with Gasteiger partial charge in [-0.1, -0.05) is 6.07 Å². The number of nitrogens with zero attached hydrogens (tertiary/aromatic N) is 1. The third-order valence-corrected chi connectivity index (χ3v) is 6.56. The van der Waals surface area contributed by atoms with Crippen LogP contribution in [0.4, 0.5) is 4.39 Å². The van der Waals surface area contributed by atoms with Crippen molar-refractivity contribution in [3.63, 3.8) is 0 Å². The second-order valence-electron chi connectivity index (χ2n) is 7.06. The summed E-state index contributed by atoms with van der Waals surface area (Å²) in [5.74, 6) is 0.928. The van der Waals surface area contributed by atoms with Crippen LogP contribution in [0.15, 0.2) is 41.3 Å². The maximum atomic E-state index is 13.2.